The molecular weight excluding hydrogens is 264 g/mol. The van der Waals surface area contributed by atoms with Crippen LogP contribution in [0, 0.1) is 13.8 Å². The van der Waals surface area contributed by atoms with E-state index in [-0.39, 0.29) is 6.04 Å². The second-order valence-corrected chi connectivity index (χ2v) is 5.45. The Balaban J connectivity index is 1.88. The van der Waals surface area contributed by atoms with Crippen molar-refractivity contribution in [1.29, 1.82) is 0 Å². The molecule has 1 aromatic heterocycles. The molecule has 0 fully saturated rings. The summed E-state index contributed by atoms with van der Waals surface area (Å²) in [6, 6.07) is 12.2. The van der Waals surface area contributed by atoms with Gasteiger partial charge in [-0.3, -0.25) is 4.98 Å². The Labute approximate surface area is 122 Å². The number of benzene rings is 2. The molecule has 0 radical (unpaired) electrons. The van der Waals surface area contributed by atoms with Crippen molar-refractivity contribution in [3.63, 3.8) is 0 Å². The molecule has 0 spiro atoms. The Morgan fingerprint density at radius 2 is 1.95 bits per heavy atom. The zero-order valence-electron chi connectivity index (χ0n) is 12.4. The molecule has 0 aliphatic heterocycles. The first kappa shape index (κ1) is 13.5. The normalized spacial score (nSPS) is 12.5. The van der Waals surface area contributed by atoms with E-state index in [1.54, 1.807) is 6.07 Å². The summed E-state index contributed by atoms with van der Waals surface area (Å²) >= 11 is 0. The number of H-pyrrole nitrogens is 1. The van der Waals surface area contributed by atoms with E-state index in [0.717, 1.165) is 5.69 Å². The topological polar surface area (TPSA) is 58.0 Å². The van der Waals surface area contributed by atoms with E-state index in [1.807, 2.05) is 12.1 Å². The number of hydrogen-bond acceptors (Lipinski definition) is 3. The summed E-state index contributed by atoms with van der Waals surface area (Å²) in [6.07, 6.45) is 0. The molecule has 4 nitrogen and oxygen atoms in total. The number of anilines is 1. The van der Waals surface area contributed by atoms with Gasteiger partial charge in [-0.25, -0.2) is 4.79 Å². The maximum Gasteiger partial charge on any atom is 0.417 e. The fraction of sp³-hybridized carbons (Fsp3) is 0.235. The minimum atomic E-state index is -0.426. The highest BCUT2D eigenvalue weighted by Crippen LogP contribution is 2.24. The van der Waals surface area contributed by atoms with Crippen molar-refractivity contribution in [2.75, 3.05) is 5.32 Å². The minimum Gasteiger partial charge on any atom is -0.408 e. The van der Waals surface area contributed by atoms with E-state index < -0.39 is 5.76 Å². The average Bonchev–Trinajstić information content (AvgIpc) is 2.77. The lowest BCUT2D eigenvalue weighted by Crippen LogP contribution is -2.08. The molecule has 21 heavy (non-hydrogen) atoms. The first-order valence-electron chi connectivity index (χ1n) is 6.99. The van der Waals surface area contributed by atoms with E-state index >= 15 is 0 Å². The Morgan fingerprint density at radius 1 is 1.14 bits per heavy atom. The molecule has 2 aromatic carbocycles. The van der Waals surface area contributed by atoms with E-state index in [1.165, 1.54) is 16.7 Å². The Hall–Kier alpha value is -2.49. The van der Waals surface area contributed by atoms with Gasteiger partial charge in [0.25, 0.3) is 0 Å². The molecule has 4 heteroatoms. The van der Waals surface area contributed by atoms with E-state index in [9.17, 15) is 4.79 Å². The quantitative estimate of drug-likeness (QED) is 0.765. The van der Waals surface area contributed by atoms with E-state index in [0.29, 0.717) is 11.1 Å². The maximum atomic E-state index is 11.2. The number of fused-ring (bicyclic) bond motifs is 1. The van der Waals surface area contributed by atoms with Crippen LogP contribution < -0.4 is 11.1 Å². The third-order valence-electron chi connectivity index (χ3n) is 3.69. The highest BCUT2D eigenvalue weighted by molar-refractivity contribution is 5.76. The maximum absolute atomic E-state index is 11.2. The van der Waals surface area contributed by atoms with Crippen LogP contribution in [0.1, 0.15) is 29.7 Å². The van der Waals surface area contributed by atoms with Crippen LogP contribution in [-0.2, 0) is 0 Å². The number of nitrogens with one attached hydrogen (secondary N) is 2. The minimum absolute atomic E-state index is 0.182. The van der Waals surface area contributed by atoms with Gasteiger partial charge in [0, 0.05) is 11.7 Å². The summed E-state index contributed by atoms with van der Waals surface area (Å²) in [5, 5.41) is 3.46. The fourth-order valence-corrected chi connectivity index (χ4v) is 2.68. The zero-order chi connectivity index (χ0) is 15.0. The van der Waals surface area contributed by atoms with Crippen LogP contribution in [0.25, 0.3) is 11.1 Å². The number of hydrogen-bond donors (Lipinski definition) is 2. The monoisotopic (exact) mass is 282 g/mol. The van der Waals surface area contributed by atoms with Gasteiger partial charge in [0.2, 0.25) is 0 Å². The number of rotatable bonds is 3. The first-order chi connectivity index (χ1) is 10.0. The smallest absolute Gasteiger partial charge is 0.408 e. The van der Waals surface area contributed by atoms with Crippen LogP contribution in [0.5, 0.6) is 0 Å². The van der Waals surface area contributed by atoms with Crippen molar-refractivity contribution in [3.05, 3.63) is 63.6 Å². The zero-order valence-corrected chi connectivity index (χ0v) is 12.4. The summed E-state index contributed by atoms with van der Waals surface area (Å²) < 4.78 is 5.01. The average molecular weight is 282 g/mol. The Bertz CT molecular complexity index is 845. The summed E-state index contributed by atoms with van der Waals surface area (Å²) in [6.45, 7) is 6.34. The van der Waals surface area contributed by atoms with Crippen LogP contribution in [-0.4, -0.2) is 4.98 Å². The Kier molecular flexibility index (Phi) is 3.29. The van der Waals surface area contributed by atoms with Crippen molar-refractivity contribution >= 4 is 16.8 Å². The predicted molar refractivity (Wildman–Crippen MR) is 84.8 cm³/mol. The molecular formula is C17H18N2O2. The number of aromatic amines is 1. The van der Waals surface area contributed by atoms with E-state index in [4.69, 9.17) is 4.42 Å². The van der Waals surface area contributed by atoms with Gasteiger partial charge >= 0.3 is 5.76 Å². The largest absolute Gasteiger partial charge is 0.417 e. The highest BCUT2D eigenvalue weighted by atomic mass is 16.4. The lowest BCUT2D eigenvalue weighted by atomic mass is 10.00. The molecule has 108 valence electrons. The van der Waals surface area contributed by atoms with Crippen LogP contribution in [0.3, 0.4) is 0 Å². The van der Waals surface area contributed by atoms with Gasteiger partial charge < -0.3 is 9.73 Å². The molecule has 0 aliphatic carbocycles. The van der Waals surface area contributed by atoms with Crippen LogP contribution in [0.4, 0.5) is 5.69 Å². The van der Waals surface area contributed by atoms with Gasteiger partial charge in [-0.1, -0.05) is 23.8 Å². The van der Waals surface area contributed by atoms with Gasteiger partial charge in [-0.2, -0.15) is 0 Å². The SMILES string of the molecule is Cc1ccc(C(C)Nc2ccc3oc(=O)[nH]c3c2)c(C)c1. The van der Waals surface area contributed by atoms with Crippen molar-refractivity contribution in [2.45, 2.75) is 26.8 Å². The summed E-state index contributed by atoms with van der Waals surface area (Å²) in [4.78, 5) is 13.8. The second kappa shape index (κ2) is 5.13. The molecule has 1 heterocycles. The number of aryl methyl sites for hydroxylation is 2. The molecule has 3 rings (SSSR count). The fourth-order valence-electron chi connectivity index (χ4n) is 2.68. The summed E-state index contributed by atoms with van der Waals surface area (Å²) in [5.74, 6) is -0.426. The molecule has 0 saturated heterocycles. The molecule has 2 N–H and O–H groups in total. The summed E-state index contributed by atoms with van der Waals surface area (Å²) in [5.41, 5.74) is 6.03. The van der Waals surface area contributed by atoms with Gasteiger partial charge in [0.15, 0.2) is 5.58 Å². The van der Waals surface area contributed by atoms with Crippen molar-refractivity contribution in [3.8, 4) is 0 Å². The lowest BCUT2D eigenvalue weighted by Gasteiger charge is -2.18. The van der Waals surface area contributed by atoms with Crippen LogP contribution >= 0.6 is 0 Å². The number of oxazole rings is 1. The second-order valence-electron chi connectivity index (χ2n) is 5.45. The van der Waals surface area contributed by atoms with Crippen molar-refractivity contribution < 1.29 is 4.42 Å². The molecule has 0 bridgehead atoms. The van der Waals surface area contributed by atoms with Gasteiger partial charge in [0.05, 0.1) is 5.52 Å². The lowest BCUT2D eigenvalue weighted by molar-refractivity contribution is 0.555. The predicted octanol–water partition coefficient (Wildman–Crippen LogP) is 3.91. The van der Waals surface area contributed by atoms with Crippen molar-refractivity contribution in [2.24, 2.45) is 0 Å². The highest BCUT2D eigenvalue weighted by Gasteiger charge is 2.09. The standard InChI is InChI=1S/C17H18N2O2/c1-10-4-6-14(11(2)8-10)12(3)18-13-5-7-16-15(9-13)19-17(20)21-16/h4-9,12,18H,1-3H3,(H,19,20). The van der Waals surface area contributed by atoms with Gasteiger partial charge in [-0.15, -0.1) is 0 Å². The molecule has 0 amide bonds. The van der Waals surface area contributed by atoms with Gasteiger partial charge in [0.1, 0.15) is 0 Å². The summed E-state index contributed by atoms with van der Waals surface area (Å²) in [7, 11) is 0. The number of aromatic nitrogens is 1. The van der Waals surface area contributed by atoms with Crippen LogP contribution in [0.2, 0.25) is 0 Å². The van der Waals surface area contributed by atoms with Crippen molar-refractivity contribution in [1.82, 2.24) is 4.98 Å². The third kappa shape index (κ3) is 2.70. The first-order valence-corrected chi connectivity index (χ1v) is 6.99. The molecule has 0 saturated carbocycles. The molecule has 0 aliphatic rings. The third-order valence-corrected chi connectivity index (χ3v) is 3.69. The van der Waals surface area contributed by atoms with Gasteiger partial charge in [-0.05, 0) is 50.1 Å². The van der Waals surface area contributed by atoms with E-state index in [2.05, 4.69) is 49.3 Å². The Morgan fingerprint density at radius 3 is 2.71 bits per heavy atom. The molecule has 1 atom stereocenters. The van der Waals surface area contributed by atoms with Crippen LogP contribution in [0.15, 0.2) is 45.6 Å². The molecule has 1 unspecified atom stereocenters. The molecule has 3 aromatic rings.